The van der Waals surface area contributed by atoms with Gasteiger partial charge in [-0.3, -0.25) is 9.59 Å². The van der Waals surface area contributed by atoms with Crippen molar-refractivity contribution in [2.75, 3.05) is 7.05 Å². The molecule has 2 N–H and O–H groups in total. The van der Waals surface area contributed by atoms with Gasteiger partial charge in [-0.1, -0.05) is 40.7 Å². The average molecular weight is 555 g/mol. The minimum absolute atomic E-state index is 0.0143. The second kappa shape index (κ2) is 12.6. The molecule has 0 bridgehead atoms. The zero-order valence-electron chi connectivity index (χ0n) is 25.5. The summed E-state index contributed by atoms with van der Waals surface area (Å²) in [5.41, 5.74) is 2.67. The van der Waals surface area contributed by atoms with Gasteiger partial charge in [0.25, 0.3) is 0 Å². The van der Waals surface area contributed by atoms with Gasteiger partial charge in [0, 0.05) is 12.3 Å². The van der Waals surface area contributed by atoms with Crippen molar-refractivity contribution < 1.29 is 23.9 Å². The number of esters is 2. The molecule has 40 heavy (non-hydrogen) atoms. The lowest BCUT2D eigenvalue weighted by Crippen LogP contribution is -2.47. The van der Waals surface area contributed by atoms with Gasteiger partial charge >= 0.3 is 11.9 Å². The molecule has 3 unspecified atom stereocenters. The van der Waals surface area contributed by atoms with Gasteiger partial charge < -0.3 is 20.1 Å². The van der Waals surface area contributed by atoms with Crippen molar-refractivity contribution in [2.45, 2.75) is 117 Å². The third kappa shape index (κ3) is 6.56. The van der Waals surface area contributed by atoms with Crippen LogP contribution in [-0.4, -0.2) is 43.1 Å². The van der Waals surface area contributed by atoms with E-state index < -0.39 is 12.0 Å². The lowest BCUT2D eigenvalue weighted by atomic mass is 9.55. The highest BCUT2D eigenvalue weighted by Gasteiger charge is 2.56. The first-order valence-electron chi connectivity index (χ1n) is 15.4. The Hall–Kier alpha value is -2.41. The van der Waals surface area contributed by atoms with Crippen LogP contribution in [0.15, 0.2) is 18.2 Å². The van der Waals surface area contributed by atoms with Gasteiger partial charge in [0.05, 0.1) is 0 Å². The van der Waals surface area contributed by atoms with Gasteiger partial charge in [-0.2, -0.15) is 0 Å². The minimum Gasteiger partial charge on any atom is -0.461 e. The maximum Gasteiger partial charge on any atom is 0.334 e. The summed E-state index contributed by atoms with van der Waals surface area (Å²) in [5.74, 6) is 2.10. The first-order valence-corrected chi connectivity index (χ1v) is 15.4. The number of rotatable bonds is 10. The van der Waals surface area contributed by atoms with Crippen molar-refractivity contribution in [2.24, 2.45) is 29.1 Å². The number of aryl methyl sites for hydroxylation is 1. The molecule has 0 aliphatic heterocycles. The van der Waals surface area contributed by atoms with Gasteiger partial charge in [0.2, 0.25) is 5.91 Å². The van der Waals surface area contributed by atoms with Crippen molar-refractivity contribution in [3.05, 3.63) is 29.3 Å². The highest BCUT2D eigenvalue weighted by molar-refractivity contribution is 5.84. The molecule has 2 fully saturated rings. The van der Waals surface area contributed by atoms with Crippen LogP contribution in [0.5, 0.6) is 5.75 Å². The Kier molecular flexibility index (Phi) is 9.64. The molecule has 222 valence electrons. The molecule has 1 amide bonds. The highest BCUT2D eigenvalue weighted by Crippen LogP contribution is 2.61. The fraction of sp³-hybridized carbons (Fsp3) is 0.727. The van der Waals surface area contributed by atoms with E-state index in [0.29, 0.717) is 35.8 Å². The molecule has 0 radical (unpaired) electrons. The molecule has 7 nitrogen and oxygen atoms in total. The second-order valence-electron chi connectivity index (χ2n) is 13.6. The summed E-state index contributed by atoms with van der Waals surface area (Å²) in [5, 5.41) is 5.90. The van der Waals surface area contributed by atoms with Crippen molar-refractivity contribution in [3.63, 3.8) is 0 Å². The number of amides is 1. The maximum absolute atomic E-state index is 13.0. The molecule has 7 atom stereocenters. The van der Waals surface area contributed by atoms with Crippen LogP contribution in [-0.2, 0) is 25.5 Å². The van der Waals surface area contributed by atoms with Crippen LogP contribution in [0.3, 0.4) is 0 Å². The van der Waals surface area contributed by atoms with Crippen LogP contribution in [0, 0.1) is 29.1 Å². The average Bonchev–Trinajstić information content (AvgIpc) is 3.21. The van der Waals surface area contributed by atoms with E-state index in [4.69, 9.17) is 9.47 Å². The quantitative estimate of drug-likeness (QED) is 0.291. The molecule has 4 rings (SSSR count). The number of nitrogens with one attached hydrogen (secondary N) is 2. The minimum atomic E-state index is -0.646. The molecule has 7 heteroatoms. The topological polar surface area (TPSA) is 93.7 Å². The van der Waals surface area contributed by atoms with Crippen molar-refractivity contribution in [1.82, 2.24) is 10.6 Å². The Morgan fingerprint density at radius 2 is 1.68 bits per heavy atom. The lowest BCUT2D eigenvalue weighted by Gasteiger charge is -2.50. The summed E-state index contributed by atoms with van der Waals surface area (Å²) in [4.78, 5) is 37.6. The van der Waals surface area contributed by atoms with E-state index in [1.165, 1.54) is 18.1 Å². The molecule has 1 aromatic carbocycles. The molecule has 0 heterocycles. The van der Waals surface area contributed by atoms with E-state index in [-0.39, 0.29) is 35.4 Å². The summed E-state index contributed by atoms with van der Waals surface area (Å²) in [6.07, 6.45) is 7.55. The third-order valence-electron chi connectivity index (χ3n) is 9.80. The van der Waals surface area contributed by atoms with Crippen molar-refractivity contribution in [3.8, 4) is 5.75 Å². The second-order valence-corrected chi connectivity index (χ2v) is 13.6. The van der Waals surface area contributed by atoms with Crippen molar-refractivity contribution in [1.29, 1.82) is 0 Å². The number of hydrogen-bond acceptors (Lipinski definition) is 6. The maximum atomic E-state index is 13.0. The third-order valence-corrected chi connectivity index (χ3v) is 9.80. The zero-order chi connectivity index (χ0) is 29.2. The molecule has 3 aliphatic carbocycles. The smallest absolute Gasteiger partial charge is 0.334 e. The monoisotopic (exact) mass is 554 g/mol. The summed E-state index contributed by atoms with van der Waals surface area (Å²) in [6, 6.07) is 5.21. The molecule has 1 aromatic rings. The van der Waals surface area contributed by atoms with Crippen LogP contribution >= 0.6 is 0 Å². The van der Waals surface area contributed by atoms with E-state index in [1.807, 2.05) is 33.0 Å². The fourth-order valence-electron chi connectivity index (χ4n) is 7.91. The Labute approximate surface area is 240 Å². The normalized spacial score (nSPS) is 28.7. The fourth-order valence-corrected chi connectivity index (χ4v) is 7.91. The summed E-state index contributed by atoms with van der Waals surface area (Å²) in [7, 11) is 1.84. The van der Waals surface area contributed by atoms with E-state index in [1.54, 1.807) is 0 Å². The number of likely N-dealkylation sites (N-methyl/N-ethyl adjacent to an activating group) is 1. The van der Waals surface area contributed by atoms with Gasteiger partial charge in [0.15, 0.2) is 0 Å². The lowest BCUT2D eigenvalue weighted by molar-refractivity contribution is -0.160. The zero-order valence-corrected chi connectivity index (χ0v) is 25.5. The first kappa shape index (κ1) is 30.5. The molecule has 3 aliphatic rings. The Morgan fingerprint density at radius 1 is 0.975 bits per heavy atom. The van der Waals surface area contributed by atoms with Crippen LogP contribution in [0.1, 0.15) is 104 Å². The van der Waals surface area contributed by atoms with E-state index in [9.17, 15) is 14.4 Å². The summed E-state index contributed by atoms with van der Waals surface area (Å²) < 4.78 is 12.0. The number of ether oxygens (including phenoxy) is 2. The molecule has 2 saturated carbocycles. The van der Waals surface area contributed by atoms with E-state index >= 15 is 0 Å². The summed E-state index contributed by atoms with van der Waals surface area (Å²) in [6.45, 7) is 12.1. The number of carbonyl (C=O) groups excluding carboxylic acids is 3. The predicted octanol–water partition coefficient (Wildman–Crippen LogP) is 5.54. The van der Waals surface area contributed by atoms with Crippen LogP contribution in [0.25, 0.3) is 0 Å². The van der Waals surface area contributed by atoms with Gasteiger partial charge in [-0.05, 0) is 111 Å². The largest absolute Gasteiger partial charge is 0.461 e. The van der Waals surface area contributed by atoms with Crippen LogP contribution in [0.2, 0.25) is 0 Å². The Bertz CT molecular complexity index is 1080. The molecule has 0 spiro atoms. The number of hydrogen-bond donors (Lipinski definition) is 2. The Balaban J connectivity index is 1.44. The standard InChI is InChI=1S/C33H50N2O5/c1-19(2)16-28(34-7)31(37)40-30-13-12-27-26-10-8-22-18-23(9-11-24(22)25(26)14-15-33(27,30)6)39-32(38)29(17-20(3)4)35-21(5)36/h9,11,18-20,25-30,34H,8,10,12-17H2,1-7H3,(H,35,36)/t25?,26?,27?,28-,29+,30+,33+/m1/s1. The number of benzene rings is 1. The Morgan fingerprint density at radius 3 is 2.33 bits per heavy atom. The number of fused-ring (bicyclic) bond motifs is 5. The molecular weight excluding hydrogens is 504 g/mol. The van der Waals surface area contributed by atoms with Gasteiger partial charge in [0.1, 0.15) is 23.9 Å². The molecule has 0 aromatic heterocycles. The summed E-state index contributed by atoms with van der Waals surface area (Å²) >= 11 is 0. The van der Waals surface area contributed by atoms with Crippen molar-refractivity contribution >= 4 is 17.8 Å². The highest BCUT2D eigenvalue weighted by atomic mass is 16.5. The molecular formula is C33H50N2O5. The molecule has 0 saturated heterocycles. The van der Waals surface area contributed by atoms with E-state index in [2.05, 4.69) is 37.5 Å². The first-order chi connectivity index (χ1) is 18.9. The number of carbonyl (C=O) groups is 3. The van der Waals surface area contributed by atoms with Gasteiger partial charge in [-0.25, -0.2) is 4.79 Å². The SMILES string of the molecule is CN[C@H](CC(C)C)C(=O)O[C@H]1CCC2C3CCc4cc(OC(=O)[C@H](CC(C)C)NC(C)=O)ccc4C3CC[C@@]21C. The predicted molar refractivity (Wildman–Crippen MR) is 156 cm³/mol. The van der Waals surface area contributed by atoms with Gasteiger partial charge in [-0.15, -0.1) is 0 Å². The van der Waals surface area contributed by atoms with Crippen LogP contribution in [0.4, 0.5) is 0 Å². The van der Waals surface area contributed by atoms with Crippen LogP contribution < -0.4 is 15.4 Å². The van der Waals surface area contributed by atoms with E-state index in [0.717, 1.165) is 44.9 Å².